The van der Waals surface area contributed by atoms with Gasteiger partial charge < -0.3 is 10.1 Å². The highest BCUT2D eigenvalue weighted by molar-refractivity contribution is 6.28. The first-order valence-electron chi connectivity index (χ1n) is 3.61. The molecule has 0 aliphatic carbocycles. The Morgan fingerprint density at radius 3 is 2.85 bits per heavy atom. The van der Waals surface area contributed by atoms with Crippen molar-refractivity contribution in [3.8, 4) is 5.88 Å². The molecule has 0 fully saturated rings. The predicted octanol–water partition coefficient (Wildman–Crippen LogP) is 1.16. The quantitative estimate of drug-likeness (QED) is 0.724. The van der Waals surface area contributed by atoms with Gasteiger partial charge in [0.1, 0.15) is 0 Å². The average molecular weight is 222 g/mol. The molecule has 13 heavy (non-hydrogen) atoms. The molecule has 0 saturated heterocycles. The van der Waals surface area contributed by atoms with Gasteiger partial charge in [0, 0.05) is 13.1 Å². The minimum Gasteiger partial charge on any atom is -0.481 e. The summed E-state index contributed by atoms with van der Waals surface area (Å²) in [5, 5.41) is 3.39. The molecular formula is C7H9Cl2N3O. The fourth-order valence-corrected chi connectivity index (χ4v) is 1.46. The van der Waals surface area contributed by atoms with Crippen LogP contribution in [0, 0.1) is 0 Å². The van der Waals surface area contributed by atoms with Crippen molar-refractivity contribution in [2.75, 3.05) is 7.11 Å². The van der Waals surface area contributed by atoms with Crippen molar-refractivity contribution in [2.45, 2.75) is 13.1 Å². The Hall–Kier alpha value is -0.580. The van der Waals surface area contributed by atoms with Crippen molar-refractivity contribution in [1.82, 2.24) is 15.3 Å². The maximum Gasteiger partial charge on any atom is 0.225 e. The summed E-state index contributed by atoms with van der Waals surface area (Å²) in [6, 6.07) is 0. The van der Waals surface area contributed by atoms with Gasteiger partial charge in [-0.1, -0.05) is 0 Å². The molecule has 1 aromatic rings. The van der Waals surface area contributed by atoms with Crippen LogP contribution in [0.15, 0.2) is 0 Å². The second kappa shape index (κ2) is 4.09. The van der Waals surface area contributed by atoms with Crippen LogP contribution < -0.4 is 10.1 Å². The minimum atomic E-state index is 0. The molecule has 0 radical (unpaired) electrons. The Morgan fingerprint density at radius 1 is 1.38 bits per heavy atom. The zero-order valence-corrected chi connectivity index (χ0v) is 8.58. The van der Waals surface area contributed by atoms with Crippen molar-refractivity contribution in [3.05, 3.63) is 16.5 Å². The molecule has 1 aromatic heterocycles. The Balaban J connectivity index is 0.000000845. The smallest absolute Gasteiger partial charge is 0.225 e. The molecule has 1 aliphatic rings. The van der Waals surface area contributed by atoms with E-state index in [1.54, 1.807) is 7.11 Å². The molecule has 0 unspecified atom stereocenters. The van der Waals surface area contributed by atoms with Gasteiger partial charge in [-0.15, -0.1) is 12.4 Å². The summed E-state index contributed by atoms with van der Waals surface area (Å²) in [7, 11) is 1.58. The molecule has 1 N–H and O–H groups in total. The second-order valence-electron chi connectivity index (χ2n) is 2.53. The molecule has 2 rings (SSSR count). The standard InChI is InChI=1S/C7H8ClN3O.ClH/c1-12-6-4-2-9-3-5(4)10-7(8)11-6;/h9H,2-3H2,1H3;1H. The fourth-order valence-electron chi connectivity index (χ4n) is 1.28. The average Bonchev–Trinajstić information content (AvgIpc) is 2.50. The molecule has 6 heteroatoms. The first kappa shape index (κ1) is 10.5. The number of halogens is 2. The van der Waals surface area contributed by atoms with Crippen LogP contribution in [0.25, 0.3) is 0 Å². The molecule has 0 amide bonds. The Morgan fingerprint density at radius 2 is 2.15 bits per heavy atom. The summed E-state index contributed by atoms with van der Waals surface area (Å²) < 4.78 is 5.06. The van der Waals surface area contributed by atoms with Crippen LogP contribution >= 0.6 is 24.0 Å². The number of nitrogens with one attached hydrogen (secondary N) is 1. The molecule has 0 spiro atoms. The molecule has 0 saturated carbocycles. The molecule has 2 heterocycles. The zero-order chi connectivity index (χ0) is 8.55. The summed E-state index contributed by atoms with van der Waals surface area (Å²) >= 11 is 5.68. The number of hydrogen-bond acceptors (Lipinski definition) is 4. The number of rotatable bonds is 1. The third-order valence-electron chi connectivity index (χ3n) is 1.82. The van der Waals surface area contributed by atoms with Crippen molar-refractivity contribution >= 4 is 24.0 Å². The van der Waals surface area contributed by atoms with E-state index in [1.165, 1.54) is 0 Å². The van der Waals surface area contributed by atoms with Gasteiger partial charge in [-0.2, -0.15) is 4.98 Å². The molecule has 0 aromatic carbocycles. The van der Waals surface area contributed by atoms with Crippen molar-refractivity contribution in [1.29, 1.82) is 0 Å². The summed E-state index contributed by atoms with van der Waals surface area (Å²) in [4.78, 5) is 8.03. The molecule has 0 bridgehead atoms. The van der Waals surface area contributed by atoms with Gasteiger partial charge >= 0.3 is 0 Å². The van der Waals surface area contributed by atoms with E-state index in [0.29, 0.717) is 5.88 Å². The van der Waals surface area contributed by atoms with Gasteiger partial charge in [0.2, 0.25) is 11.2 Å². The number of nitrogens with zero attached hydrogens (tertiary/aromatic N) is 2. The van der Waals surface area contributed by atoms with Gasteiger partial charge in [-0.25, -0.2) is 4.98 Å². The maximum atomic E-state index is 5.68. The number of aromatic nitrogens is 2. The van der Waals surface area contributed by atoms with Crippen LogP contribution in [0.5, 0.6) is 5.88 Å². The number of fused-ring (bicyclic) bond motifs is 1. The van der Waals surface area contributed by atoms with Gasteiger partial charge in [0.15, 0.2) is 0 Å². The summed E-state index contributed by atoms with van der Waals surface area (Å²) in [5.41, 5.74) is 1.95. The van der Waals surface area contributed by atoms with Crippen LogP contribution in [-0.2, 0) is 13.1 Å². The summed E-state index contributed by atoms with van der Waals surface area (Å²) in [6.45, 7) is 1.50. The van der Waals surface area contributed by atoms with E-state index in [1.807, 2.05) is 0 Å². The van der Waals surface area contributed by atoms with Gasteiger partial charge in [0.25, 0.3) is 0 Å². The lowest BCUT2D eigenvalue weighted by molar-refractivity contribution is 0.391. The fraction of sp³-hybridized carbons (Fsp3) is 0.429. The van der Waals surface area contributed by atoms with E-state index in [2.05, 4.69) is 15.3 Å². The molecular weight excluding hydrogens is 213 g/mol. The lowest BCUT2D eigenvalue weighted by atomic mass is 10.3. The minimum absolute atomic E-state index is 0. The lowest BCUT2D eigenvalue weighted by Crippen LogP contribution is -2.00. The molecule has 1 aliphatic heterocycles. The monoisotopic (exact) mass is 221 g/mol. The first-order valence-corrected chi connectivity index (χ1v) is 3.99. The van der Waals surface area contributed by atoms with Crippen LogP contribution in [-0.4, -0.2) is 17.1 Å². The van der Waals surface area contributed by atoms with Crippen molar-refractivity contribution in [2.24, 2.45) is 0 Å². The zero-order valence-electron chi connectivity index (χ0n) is 7.00. The topological polar surface area (TPSA) is 47.0 Å². The third kappa shape index (κ3) is 1.85. The van der Waals surface area contributed by atoms with E-state index in [9.17, 15) is 0 Å². The largest absolute Gasteiger partial charge is 0.481 e. The van der Waals surface area contributed by atoms with Crippen molar-refractivity contribution in [3.63, 3.8) is 0 Å². The van der Waals surface area contributed by atoms with E-state index in [4.69, 9.17) is 16.3 Å². The van der Waals surface area contributed by atoms with Crippen molar-refractivity contribution < 1.29 is 4.74 Å². The van der Waals surface area contributed by atoms with E-state index in [-0.39, 0.29) is 17.7 Å². The molecule has 0 atom stereocenters. The Bertz CT molecular complexity index is 319. The Labute approximate surface area is 87.1 Å². The highest BCUT2D eigenvalue weighted by Crippen LogP contribution is 2.23. The molecule has 72 valence electrons. The maximum absolute atomic E-state index is 5.68. The number of hydrogen-bond donors (Lipinski definition) is 1. The van der Waals surface area contributed by atoms with E-state index < -0.39 is 0 Å². The highest BCUT2D eigenvalue weighted by atomic mass is 35.5. The van der Waals surface area contributed by atoms with E-state index >= 15 is 0 Å². The van der Waals surface area contributed by atoms with E-state index in [0.717, 1.165) is 24.3 Å². The first-order chi connectivity index (χ1) is 5.81. The highest BCUT2D eigenvalue weighted by Gasteiger charge is 2.18. The summed E-state index contributed by atoms with van der Waals surface area (Å²) in [6.07, 6.45) is 0. The lowest BCUT2D eigenvalue weighted by Gasteiger charge is -2.03. The molecule has 4 nitrogen and oxygen atoms in total. The predicted molar refractivity (Wildman–Crippen MR) is 51.4 cm³/mol. The van der Waals surface area contributed by atoms with Crippen LogP contribution in [0.3, 0.4) is 0 Å². The van der Waals surface area contributed by atoms with Crippen LogP contribution in [0.4, 0.5) is 0 Å². The second-order valence-corrected chi connectivity index (χ2v) is 2.87. The SMILES string of the molecule is COc1nc(Cl)nc2c1CNC2.Cl. The van der Waals surface area contributed by atoms with Gasteiger partial charge in [-0.05, 0) is 11.6 Å². The number of ether oxygens (including phenoxy) is 1. The van der Waals surface area contributed by atoms with Gasteiger partial charge in [0.05, 0.1) is 18.4 Å². The van der Waals surface area contributed by atoms with Crippen LogP contribution in [0.2, 0.25) is 5.28 Å². The van der Waals surface area contributed by atoms with Crippen LogP contribution in [0.1, 0.15) is 11.3 Å². The normalized spacial score (nSPS) is 13.4. The third-order valence-corrected chi connectivity index (χ3v) is 1.98. The van der Waals surface area contributed by atoms with Gasteiger partial charge in [-0.3, -0.25) is 0 Å². The number of methoxy groups -OCH3 is 1. The Kier molecular flexibility index (Phi) is 3.30. The summed E-state index contributed by atoms with van der Waals surface area (Å²) in [5.74, 6) is 0.579.